The largest absolute Gasteiger partial charge is 0.450 e. The molecule has 3 rings (SSSR count). The summed E-state index contributed by atoms with van der Waals surface area (Å²) in [5, 5.41) is 0.516. The van der Waals surface area contributed by atoms with Gasteiger partial charge < -0.3 is 14.5 Å². The van der Waals surface area contributed by atoms with Crippen LogP contribution in [0.4, 0.5) is 4.79 Å². The van der Waals surface area contributed by atoms with Gasteiger partial charge in [0.25, 0.3) is 5.56 Å². The third-order valence-electron chi connectivity index (χ3n) is 4.51. The zero-order chi connectivity index (χ0) is 19.4. The molecule has 2 aromatic rings. The van der Waals surface area contributed by atoms with E-state index in [1.807, 2.05) is 6.07 Å². The van der Waals surface area contributed by atoms with Crippen LogP contribution in [0.15, 0.2) is 33.8 Å². The van der Waals surface area contributed by atoms with Crippen molar-refractivity contribution in [3.8, 4) is 0 Å². The SMILES string of the molecule is CCOC(=O)N1CCN(C(=O)CCn2cnc3ccc(Br)cc3c2=O)CC1. The van der Waals surface area contributed by atoms with Crippen molar-refractivity contribution in [2.75, 3.05) is 32.8 Å². The summed E-state index contributed by atoms with van der Waals surface area (Å²) >= 11 is 3.36. The number of aromatic nitrogens is 2. The highest BCUT2D eigenvalue weighted by Crippen LogP contribution is 2.15. The fourth-order valence-corrected chi connectivity index (χ4v) is 3.38. The van der Waals surface area contributed by atoms with Crippen molar-refractivity contribution in [2.24, 2.45) is 0 Å². The van der Waals surface area contributed by atoms with Crippen LogP contribution in [0.5, 0.6) is 0 Å². The molecule has 0 bridgehead atoms. The molecular weight excluding hydrogens is 416 g/mol. The molecule has 0 radical (unpaired) electrons. The summed E-state index contributed by atoms with van der Waals surface area (Å²) in [7, 11) is 0. The number of rotatable bonds is 4. The maximum Gasteiger partial charge on any atom is 0.409 e. The van der Waals surface area contributed by atoms with Gasteiger partial charge in [0.15, 0.2) is 0 Å². The standard InChI is InChI=1S/C18H21BrN4O4/c1-2-27-18(26)22-9-7-21(8-10-22)16(24)5-6-23-12-20-15-4-3-13(19)11-14(15)17(23)25/h3-4,11-12H,2,5-10H2,1H3. The van der Waals surface area contributed by atoms with Crippen LogP contribution in [0, 0.1) is 0 Å². The number of piperazine rings is 1. The number of carbonyl (C=O) groups excluding carboxylic acids is 2. The second-order valence-corrected chi connectivity index (χ2v) is 7.14. The molecule has 2 heterocycles. The van der Waals surface area contributed by atoms with E-state index in [0.29, 0.717) is 43.7 Å². The van der Waals surface area contributed by atoms with Crippen LogP contribution < -0.4 is 5.56 Å². The third kappa shape index (κ3) is 4.47. The van der Waals surface area contributed by atoms with Gasteiger partial charge in [-0.3, -0.25) is 14.2 Å². The molecule has 1 aromatic carbocycles. The van der Waals surface area contributed by atoms with E-state index in [9.17, 15) is 14.4 Å². The summed E-state index contributed by atoms with van der Waals surface area (Å²) in [5.74, 6) is -0.0419. The Morgan fingerprint density at radius 3 is 2.59 bits per heavy atom. The monoisotopic (exact) mass is 436 g/mol. The molecule has 1 fully saturated rings. The molecule has 0 aliphatic carbocycles. The Balaban J connectivity index is 1.58. The first kappa shape index (κ1) is 19.3. The number of hydrogen-bond acceptors (Lipinski definition) is 5. The van der Waals surface area contributed by atoms with Crippen molar-refractivity contribution in [3.63, 3.8) is 0 Å². The number of halogens is 1. The molecule has 0 spiro atoms. The van der Waals surface area contributed by atoms with Gasteiger partial charge in [-0.25, -0.2) is 9.78 Å². The molecule has 1 aromatic heterocycles. The highest BCUT2D eigenvalue weighted by molar-refractivity contribution is 9.10. The summed E-state index contributed by atoms with van der Waals surface area (Å²) < 4.78 is 7.24. The highest BCUT2D eigenvalue weighted by atomic mass is 79.9. The fourth-order valence-electron chi connectivity index (χ4n) is 3.02. The number of ether oxygens (including phenoxy) is 1. The molecule has 0 saturated carbocycles. The number of amides is 2. The first-order chi connectivity index (χ1) is 13.0. The van der Waals surface area contributed by atoms with E-state index in [-0.39, 0.29) is 30.5 Å². The first-order valence-electron chi connectivity index (χ1n) is 8.83. The predicted molar refractivity (Wildman–Crippen MR) is 103 cm³/mol. The highest BCUT2D eigenvalue weighted by Gasteiger charge is 2.24. The lowest BCUT2D eigenvalue weighted by Gasteiger charge is -2.34. The zero-order valence-electron chi connectivity index (χ0n) is 15.1. The van der Waals surface area contributed by atoms with Gasteiger partial charge in [-0.2, -0.15) is 0 Å². The zero-order valence-corrected chi connectivity index (χ0v) is 16.6. The quantitative estimate of drug-likeness (QED) is 0.729. The molecule has 8 nitrogen and oxygen atoms in total. The van der Waals surface area contributed by atoms with E-state index >= 15 is 0 Å². The van der Waals surface area contributed by atoms with E-state index in [0.717, 1.165) is 4.47 Å². The van der Waals surface area contributed by atoms with Crippen LogP contribution in [0.25, 0.3) is 10.9 Å². The van der Waals surface area contributed by atoms with Gasteiger partial charge in [0, 0.05) is 43.6 Å². The lowest BCUT2D eigenvalue weighted by atomic mass is 10.2. The average molecular weight is 437 g/mol. The van der Waals surface area contributed by atoms with Crippen LogP contribution in [0.3, 0.4) is 0 Å². The summed E-state index contributed by atoms with van der Waals surface area (Å²) in [6.45, 7) is 4.21. The molecule has 1 aliphatic rings. The number of fused-ring (bicyclic) bond motifs is 1. The summed E-state index contributed by atoms with van der Waals surface area (Å²) in [5.41, 5.74) is 0.460. The van der Waals surface area contributed by atoms with Crippen LogP contribution in [0.2, 0.25) is 0 Å². The van der Waals surface area contributed by atoms with Crippen molar-refractivity contribution in [1.29, 1.82) is 0 Å². The van der Waals surface area contributed by atoms with Crippen LogP contribution in [-0.2, 0) is 16.1 Å². The molecule has 1 saturated heterocycles. The van der Waals surface area contributed by atoms with Crippen molar-refractivity contribution in [2.45, 2.75) is 19.9 Å². The molecule has 0 N–H and O–H groups in total. The Kier molecular flexibility index (Phi) is 6.10. The first-order valence-corrected chi connectivity index (χ1v) is 9.63. The van der Waals surface area contributed by atoms with Gasteiger partial charge in [0.2, 0.25) is 5.91 Å². The smallest absolute Gasteiger partial charge is 0.409 e. The minimum Gasteiger partial charge on any atom is -0.450 e. The average Bonchev–Trinajstić information content (AvgIpc) is 2.68. The maximum atomic E-state index is 12.6. The maximum absolute atomic E-state index is 12.6. The minimum absolute atomic E-state index is 0.0419. The van der Waals surface area contributed by atoms with Crippen molar-refractivity contribution < 1.29 is 14.3 Å². The minimum atomic E-state index is -0.343. The van der Waals surface area contributed by atoms with E-state index in [4.69, 9.17) is 4.74 Å². The van der Waals surface area contributed by atoms with Gasteiger partial charge in [-0.15, -0.1) is 0 Å². The molecule has 27 heavy (non-hydrogen) atoms. The van der Waals surface area contributed by atoms with E-state index in [1.165, 1.54) is 10.9 Å². The van der Waals surface area contributed by atoms with E-state index in [2.05, 4.69) is 20.9 Å². The van der Waals surface area contributed by atoms with Gasteiger partial charge in [0.1, 0.15) is 0 Å². The van der Waals surface area contributed by atoms with E-state index in [1.54, 1.807) is 28.9 Å². The van der Waals surface area contributed by atoms with Gasteiger partial charge in [-0.05, 0) is 25.1 Å². The topological polar surface area (TPSA) is 84.7 Å². The summed E-state index contributed by atoms with van der Waals surface area (Å²) in [6, 6.07) is 5.34. The Hall–Kier alpha value is -2.42. The number of hydrogen-bond donors (Lipinski definition) is 0. The van der Waals surface area contributed by atoms with Crippen LogP contribution >= 0.6 is 15.9 Å². The number of aryl methyl sites for hydroxylation is 1. The Morgan fingerprint density at radius 1 is 1.19 bits per heavy atom. The second kappa shape index (κ2) is 8.51. The molecule has 2 amide bonds. The van der Waals surface area contributed by atoms with Gasteiger partial charge >= 0.3 is 6.09 Å². The summed E-state index contributed by atoms with van der Waals surface area (Å²) in [4.78, 5) is 44.3. The number of benzene rings is 1. The molecule has 1 aliphatic heterocycles. The van der Waals surface area contributed by atoms with Gasteiger partial charge in [0.05, 0.1) is 23.8 Å². The van der Waals surface area contributed by atoms with Crippen molar-refractivity contribution >= 4 is 38.8 Å². The normalized spacial score (nSPS) is 14.4. The number of nitrogens with zero attached hydrogens (tertiary/aromatic N) is 4. The molecular formula is C18H21BrN4O4. The van der Waals surface area contributed by atoms with Gasteiger partial charge in [-0.1, -0.05) is 15.9 Å². The van der Waals surface area contributed by atoms with Crippen molar-refractivity contribution in [1.82, 2.24) is 19.4 Å². The predicted octanol–water partition coefficient (Wildman–Crippen LogP) is 1.85. The second-order valence-electron chi connectivity index (χ2n) is 6.22. The van der Waals surface area contributed by atoms with Crippen molar-refractivity contribution in [3.05, 3.63) is 39.4 Å². The molecule has 144 valence electrons. The Morgan fingerprint density at radius 2 is 1.89 bits per heavy atom. The fraction of sp³-hybridized carbons (Fsp3) is 0.444. The Bertz CT molecular complexity index is 906. The Labute approximate surface area is 164 Å². The lowest BCUT2D eigenvalue weighted by Crippen LogP contribution is -2.50. The number of carbonyl (C=O) groups is 2. The third-order valence-corrected chi connectivity index (χ3v) is 5.00. The van der Waals surface area contributed by atoms with E-state index < -0.39 is 0 Å². The molecule has 0 atom stereocenters. The lowest BCUT2D eigenvalue weighted by molar-refractivity contribution is -0.133. The molecule has 0 unspecified atom stereocenters. The van der Waals surface area contributed by atoms with Crippen LogP contribution in [0.1, 0.15) is 13.3 Å². The summed E-state index contributed by atoms with van der Waals surface area (Å²) in [6.07, 6.45) is 1.34. The van der Waals surface area contributed by atoms with Crippen LogP contribution in [-0.4, -0.2) is 64.1 Å². The molecule has 9 heteroatoms.